The van der Waals surface area contributed by atoms with Gasteiger partial charge < -0.3 is 18.9 Å². The van der Waals surface area contributed by atoms with E-state index in [0.29, 0.717) is 45.3 Å². The highest BCUT2D eigenvalue weighted by molar-refractivity contribution is 5.81. The summed E-state index contributed by atoms with van der Waals surface area (Å²) in [5.74, 6) is 0.433. The number of carbonyl (C=O) groups is 2. The van der Waals surface area contributed by atoms with E-state index in [1.54, 1.807) is 0 Å². The van der Waals surface area contributed by atoms with Crippen LogP contribution in [-0.2, 0) is 28.5 Å². The van der Waals surface area contributed by atoms with Crippen LogP contribution in [0.15, 0.2) is 0 Å². The number of carbonyl (C=O) groups excluding carboxylic acids is 2. The Hall–Kier alpha value is -0.820. The standard InChI is InChI=1S/C21H36O6/c22-18(10-6-16-26-20-12-1-3-14-24-20)8-5-9-19(23)11-7-17-27-21-13-2-4-15-25-21/h20-21H,1-17H2. The first kappa shape index (κ1) is 22.5. The Morgan fingerprint density at radius 2 is 1.11 bits per heavy atom. The van der Waals surface area contributed by atoms with Gasteiger partial charge in [0, 0.05) is 38.9 Å². The van der Waals surface area contributed by atoms with Crippen LogP contribution in [0.2, 0.25) is 0 Å². The molecule has 0 saturated carbocycles. The molecule has 0 radical (unpaired) electrons. The summed E-state index contributed by atoms with van der Waals surface area (Å²) >= 11 is 0. The molecule has 0 aliphatic carbocycles. The molecule has 2 atom stereocenters. The van der Waals surface area contributed by atoms with Gasteiger partial charge in [0.05, 0.1) is 13.2 Å². The molecule has 2 aliphatic rings. The molecule has 0 spiro atoms. The van der Waals surface area contributed by atoms with E-state index in [4.69, 9.17) is 18.9 Å². The van der Waals surface area contributed by atoms with Gasteiger partial charge in [0.25, 0.3) is 0 Å². The SMILES string of the molecule is O=C(CCCOC1CCCCO1)CCCC(=O)CCCOC1CCCCO1. The van der Waals surface area contributed by atoms with Crippen molar-refractivity contribution in [2.24, 2.45) is 0 Å². The Morgan fingerprint density at radius 1 is 0.667 bits per heavy atom. The van der Waals surface area contributed by atoms with Crippen LogP contribution in [0, 0.1) is 0 Å². The predicted molar refractivity (Wildman–Crippen MR) is 101 cm³/mol. The minimum absolute atomic E-state index is 0.0832. The van der Waals surface area contributed by atoms with Crippen molar-refractivity contribution in [3.63, 3.8) is 0 Å². The van der Waals surface area contributed by atoms with Gasteiger partial charge in [0.1, 0.15) is 11.6 Å². The second-order valence-electron chi connectivity index (χ2n) is 7.47. The lowest BCUT2D eigenvalue weighted by Gasteiger charge is -2.22. The van der Waals surface area contributed by atoms with Gasteiger partial charge in [-0.1, -0.05) is 0 Å². The maximum Gasteiger partial charge on any atom is 0.157 e. The van der Waals surface area contributed by atoms with Crippen molar-refractivity contribution >= 4 is 11.6 Å². The van der Waals surface area contributed by atoms with Crippen molar-refractivity contribution in [2.45, 2.75) is 96.1 Å². The molecule has 6 nitrogen and oxygen atoms in total. The van der Waals surface area contributed by atoms with Crippen molar-refractivity contribution in [2.75, 3.05) is 26.4 Å². The van der Waals surface area contributed by atoms with E-state index in [-0.39, 0.29) is 24.1 Å². The quantitative estimate of drug-likeness (QED) is 0.423. The average molecular weight is 385 g/mol. The first-order chi connectivity index (χ1) is 13.2. The van der Waals surface area contributed by atoms with Crippen LogP contribution in [0.1, 0.15) is 83.5 Å². The van der Waals surface area contributed by atoms with Crippen LogP contribution < -0.4 is 0 Å². The van der Waals surface area contributed by atoms with E-state index in [1.807, 2.05) is 0 Å². The second kappa shape index (κ2) is 14.2. The van der Waals surface area contributed by atoms with E-state index in [2.05, 4.69) is 0 Å². The van der Waals surface area contributed by atoms with E-state index in [9.17, 15) is 9.59 Å². The Labute approximate surface area is 163 Å². The first-order valence-electron chi connectivity index (χ1n) is 10.7. The fourth-order valence-corrected chi connectivity index (χ4v) is 3.39. The van der Waals surface area contributed by atoms with Gasteiger partial charge >= 0.3 is 0 Å². The third-order valence-electron chi connectivity index (χ3n) is 4.99. The van der Waals surface area contributed by atoms with Crippen LogP contribution in [0.3, 0.4) is 0 Å². The Bertz CT molecular complexity index is 375. The van der Waals surface area contributed by atoms with Gasteiger partial charge in [-0.25, -0.2) is 0 Å². The number of rotatable bonds is 14. The summed E-state index contributed by atoms with van der Waals surface area (Å²) in [5.41, 5.74) is 0. The minimum atomic E-state index is -0.0832. The molecule has 2 saturated heterocycles. The van der Waals surface area contributed by atoms with Crippen LogP contribution >= 0.6 is 0 Å². The van der Waals surface area contributed by atoms with Crippen molar-refractivity contribution < 1.29 is 28.5 Å². The lowest BCUT2D eigenvalue weighted by atomic mass is 10.1. The van der Waals surface area contributed by atoms with E-state index in [0.717, 1.165) is 64.6 Å². The summed E-state index contributed by atoms with van der Waals surface area (Å²) in [6.07, 6.45) is 10.4. The maximum atomic E-state index is 11.9. The van der Waals surface area contributed by atoms with Crippen LogP contribution in [0.4, 0.5) is 0 Å². The zero-order valence-electron chi connectivity index (χ0n) is 16.6. The molecular formula is C21H36O6. The highest BCUT2D eigenvalue weighted by Crippen LogP contribution is 2.15. The third-order valence-corrected chi connectivity index (χ3v) is 4.99. The van der Waals surface area contributed by atoms with E-state index >= 15 is 0 Å². The van der Waals surface area contributed by atoms with Crippen molar-refractivity contribution in [1.29, 1.82) is 0 Å². The van der Waals surface area contributed by atoms with Crippen LogP contribution in [0.25, 0.3) is 0 Å². The first-order valence-corrected chi connectivity index (χ1v) is 10.7. The number of ketones is 2. The van der Waals surface area contributed by atoms with Gasteiger partial charge in [0.2, 0.25) is 0 Å². The Kier molecular flexibility index (Phi) is 11.8. The van der Waals surface area contributed by atoms with Crippen molar-refractivity contribution in [3.8, 4) is 0 Å². The molecular weight excluding hydrogens is 348 g/mol. The zero-order valence-corrected chi connectivity index (χ0v) is 16.6. The largest absolute Gasteiger partial charge is 0.353 e. The predicted octanol–water partition coefficient (Wildman–Crippen LogP) is 3.94. The summed E-state index contributed by atoms with van der Waals surface area (Å²) in [4.78, 5) is 23.8. The summed E-state index contributed by atoms with van der Waals surface area (Å²) in [6, 6.07) is 0. The lowest BCUT2D eigenvalue weighted by Crippen LogP contribution is -2.22. The fourth-order valence-electron chi connectivity index (χ4n) is 3.39. The lowest BCUT2D eigenvalue weighted by molar-refractivity contribution is -0.163. The molecule has 2 fully saturated rings. The highest BCUT2D eigenvalue weighted by Gasteiger charge is 2.15. The van der Waals surface area contributed by atoms with Crippen LogP contribution in [-0.4, -0.2) is 50.6 Å². The van der Waals surface area contributed by atoms with Gasteiger partial charge in [-0.3, -0.25) is 9.59 Å². The second-order valence-corrected chi connectivity index (χ2v) is 7.47. The molecule has 0 aromatic heterocycles. The molecule has 2 aliphatic heterocycles. The monoisotopic (exact) mass is 384 g/mol. The molecule has 2 heterocycles. The molecule has 2 unspecified atom stereocenters. The van der Waals surface area contributed by atoms with Gasteiger partial charge in [-0.15, -0.1) is 0 Å². The van der Waals surface area contributed by atoms with Gasteiger partial charge in [-0.05, 0) is 57.8 Å². The molecule has 27 heavy (non-hydrogen) atoms. The number of Topliss-reactive ketones (excluding diaryl/α,β-unsaturated/α-hetero) is 2. The molecule has 6 heteroatoms. The fraction of sp³-hybridized carbons (Fsp3) is 0.905. The Morgan fingerprint density at radius 3 is 1.52 bits per heavy atom. The topological polar surface area (TPSA) is 71.1 Å². The van der Waals surface area contributed by atoms with Crippen LogP contribution in [0.5, 0.6) is 0 Å². The number of hydrogen-bond donors (Lipinski definition) is 0. The molecule has 0 N–H and O–H groups in total. The smallest absolute Gasteiger partial charge is 0.157 e. The maximum absolute atomic E-state index is 11.9. The molecule has 2 rings (SSSR count). The molecule has 0 aromatic carbocycles. The summed E-state index contributed by atoms with van der Waals surface area (Å²) in [7, 11) is 0. The number of hydrogen-bond acceptors (Lipinski definition) is 6. The zero-order chi connectivity index (χ0) is 19.2. The Balaban J connectivity index is 1.37. The molecule has 0 aromatic rings. The average Bonchev–Trinajstić information content (AvgIpc) is 2.70. The van der Waals surface area contributed by atoms with Crippen molar-refractivity contribution in [3.05, 3.63) is 0 Å². The molecule has 0 amide bonds. The summed E-state index contributed by atoms with van der Waals surface area (Å²) < 4.78 is 22.2. The van der Waals surface area contributed by atoms with Gasteiger partial charge in [-0.2, -0.15) is 0 Å². The summed E-state index contributed by atoms with van der Waals surface area (Å²) in [5, 5.41) is 0. The summed E-state index contributed by atoms with van der Waals surface area (Å²) in [6.45, 7) is 2.69. The highest BCUT2D eigenvalue weighted by atomic mass is 16.7. The molecule has 0 bridgehead atoms. The third kappa shape index (κ3) is 10.9. The van der Waals surface area contributed by atoms with E-state index in [1.165, 1.54) is 0 Å². The van der Waals surface area contributed by atoms with Crippen molar-refractivity contribution in [1.82, 2.24) is 0 Å². The minimum Gasteiger partial charge on any atom is -0.353 e. The molecule has 156 valence electrons. The van der Waals surface area contributed by atoms with E-state index < -0.39 is 0 Å². The normalized spacial score (nSPS) is 23.3. The van der Waals surface area contributed by atoms with Gasteiger partial charge in [0.15, 0.2) is 12.6 Å². The number of ether oxygens (including phenoxy) is 4.